The largest absolute Gasteiger partial charge is 0.478 e. The zero-order valence-electron chi connectivity index (χ0n) is 10.4. The first-order chi connectivity index (χ1) is 8.94. The quantitative estimate of drug-likeness (QED) is 0.827. The average molecular weight is 285 g/mol. The van der Waals surface area contributed by atoms with E-state index in [0.717, 1.165) is 0 Å². The second kappa shape index (κ2) is 5.28. The van der Waals surface area contributed by atoms with Crippen molar-refractivity contribution >= 4 is 16.0 Å². The second-order valence-electron chi connectivity index (χ2n) is 4.34. The molecule has 1 aliphatic rings. The molecular formula is C12H15NO5S. The van der Waals surface area contributed by atoms with E-state index >= 15 is 0 Å². The molecule has 0 bridgehead atoms. The molecule has 19 heavy (non-hydrogen) atoms. The lowest BCUT2D eigenvalue weighted by Crippen LogP contribution is -2.48. The molecule has 1 saturated heterocycles. The number of nitrogens with one attached hydrogen (secondary N) is 1. The monoisotopic (exact) mass is 285 g/mol. The molecule has 0 radical (unpaired) electrons. The van der Waals surface area contributed by atoms with Crippen LogP contribution in [0.1, 0.15) is 22.8 Å². The normalized spacial score (nSPS) is 16.1. The highest BCUT2D eigenvalue weighted by atomic mass is 32.2. The van der Waals surface area contributed by atoms with Gasteiger partial charge in [-0.2, -0.15) is 0 Å². The predicted octanol–water partition coefficient (Wildman–Crippen LogP) is 0.624. The Bertz CT molecular complexity index is 592. The van der Waals surface area contributed by atoms with Gasteiger partial charge in [-0.1, -0.05) is 13.0 Å². The molecule has 0 amide bonds. The summed E-state index contributed by atoms with van der Waals surface area (Å²) in [5, 5.41) is 8.94. The van der Waals surface area contributed by atoms with Crippen molar-refractivity contribution in [2.45, 2.75) is 24.3 Å². The van der Waals surface area contributed by atoms with Gasteiger partial charge < -0.3 is 9.84 Å². The molecule has 0 aromatic heterocycles. The van der Waals surface area contributed by atoms with Crippen molar-refractivity contribution < 1.29 is 23.1 Å². The number of aromatic carboxylic acids is 1. The summed E-state index contributed by atoms with van der Waals surface area (Å²) < 4.78 is 31.9. The minimum Gasteiger partial charge on any atom is -0.478 e. The van der Waals surface area contributed by atoms with Crippen LogP contribution in [-0.4, -0.2) is 38.7 Å². The Kier molecular flexibility index (Phi) is 3.88. The summed E-state index contributed by atoms with van der Waals surface area (Å²) in [5.41, 5.74) is 0.556. The lowest BCUT2D eigenvalue weighted by molar-refractivity contribution is 0.00481. The SMILES string of the molecule is CCc1ccc(C(=O)O)cc1S(=O)(=O)NC1COC1. The molecule has 1 heterocycles. The van der Waals surface area contributed by atoms with Crippen LogP contribution in [0.3, 0.4) is 0 Å². The van der Waals surface area contributed by atoms with E-state index in [1.165, 1.54) is 18.2 Å². The molecule has 1 aromatic rings. The van der Waals surface area contributed by atoms with Gasteiger partial charge in [0.15, 0.2) is 0 Å². The first-order valence-corrected chi connectivity index (χ1v) is 7.38. The Morgan fingerprint density at radius 2 is 2.16 bits per heavy atom. The van der Waals surface area contributed by atoms with E-state index < -0.39 is 16.0 Å². The first-order valence-electron chi connectivity index (χ1n) is 5.90. The zero-order valence-corrected chi connectivity index (χ0v) is 11.2. The maximum Gasteiger partial charge on any atom is 0.335 e. The van der Waals surface area contributed by atoms with Crippen molar-refractivity contribution in [3.05, 3.63) is 29.3 Å². The van der Waals surface area contributed by atoms with Crippen LogP contribution in [0, 0.1) is 0 Å². The molecule has 104 valence electrons. The Morgan fingerprint density at radius 3 is 2.63 bits per heavy atom. The molecule has 6 nitrogen and oxygen atoms in total. The maximum absolute atomic E-state index is 12.2. The van der Waals surface area contributed by atoms with Gasteiger partial charge in [0.05, 0.1) is 29.7 Å². The standard InChI is InChI=1S/C12H15NO5S/c1-2-8-3-4-9(12(14)15)5-11(8)19(16,17)13-10-6-18-7-10/h3-5,10,13H,2,6-7H2,1H3,(H,14,15). The molecular weight excluding hydrogens is 270 g/mol. The highest BCUT2D eigenvalue weighted by Gasteiger charge is 2.27. The number of carboxylic acids is 1. The lowest BCUT2D eigenvalue weighted by atomic mass is 10.1. The minimum atomic E-state index is -3.71. The highest BCUT2D eigenvalue weighted by Crippen LogP contribution is 2.20. The van der Waals surface area contributed by atoms with Crippen LogP contribution in [0.5, 0.6) is 0 Å². The van der Waals surface area contributed by atoms with Gasteiger partial charge in [-0.25, -0.2) is 17.9 Å². The summed E-state index contributed by atoms with van der Waals surface area (Å²) in [5.74, 6) is -1.15. The smallest absolute Gasteiger partial charge is 0.335 e. The number of carbonyl (C=O) groups is 1. The van der Waals surface area contributed by atoms with E-state index in [4.69, 9.17) is 9.84 Å². The van der Waals surface area contributed by atoms with Gasteiger partial charge in [0.25, 0.3) is 0 Å². The van der Waals surface area contributed by atoms with Crippen molar-refractivity contribution in [2.24, 2.45) is 0 Å². The number of benzene rings is 1. The van der Waals surface area contributed by atoms with E-state index in [1.807, 2.05) is 6.92 Å². The van der Waals surface area contributed by atoms with E-state index in [2.05, 4.69) is 4.72 Å². The fraction of sp³-hybridized carbons (Fsp3) is 0.417. The summed E-state index contributed by atoms with van der Waals surface area (Å²) in [7, 11) is -3.71. The Morgan fingerprint density at radius 1 is 1.47 bits per heavy atom. The number of hydrogen-bond acceptors (Lipinski definition) is 4. The Labute approximate surface area is 111 Å². The zero-order chi connectivity index (χ0) is 14.0. The summed E-state index contributed by atoms with van der Waals surface area (Å²) in [6, 6.07) is 3.91. The number of carboxylic acid groups (broad SMARTS) is 1. The summed E-state index contributed by atoms with van der Waals surface area (Å²) in [6.45, 7) is 2.51. The van der Waals surface area contributed by atoms with E-state index in [0.29, 0.717) is 25.2 Å². The van der Waals surface area contributed by atoms with Crippen LogP contribution in [0.4, 0.5) is 0 Å². The summed E-state index contributed by atoms with van der Waals surface area (Å²) in [4.78, 5) is 11.0. The van der Waals surface area contributed by atoms with Crippen LogP contribution in [0.25, 0.3) is 0 Å². The van der Waals surface area contributed by atoms with Crippen LogP contribution in [0.2, 0.25) is 0 Å². The molecule has 1 fully saturated rings. The molecule has 1 aromatic carbocycles. The summed E-state index contributed by atoms with van der Waals surface area (Å²) >= 11 is 0. The van der Waals surface area contributed by atoms with Crippen LogP contribution in [0.15, 0.2) is 23.1 Å². The van der Waals surface area contributed by atoms with Gasteiger partial charge in [-0.15, -0.1) is 0 Å². The Balaban J connectivity index is 2.39. The highest BCUT2D eigenvalue weighted by molar-refractivity contribution is 7.89. The lowest BCUT2D eigenvalue weighted by Gasteiger charge is -2.27. The van der Waals surface area contributed by atoms with Crippen LogP contribution in [-0.2, 0) is 21.2 Å². The fourth-order valence-electron chi connectivity index (χ4n) is 1.82. The first kappa shape index (κ1) is 14.0. The predicted molar refractivity (Wildman–Crippen MR) is 67.7 cm³/mol. The molecule has 0 aliphatic carbocycles. The molecule has 0 atom stereocenters. The average Bonchev–Trinajstić information content (AvgIpc) is 2.33. The maximum atomic E-state index is 12.2. The Hall–Kier alpha value is -1.44. The number of ether oxygens (including phenoxy) is 1. The fourth-order valence-corrected chi connectivity index (χ4v) is 3.36. The van der Waals surface area contributed by atoms with E-state index in [1.54, 1.807) is 0 Å². The van der Waals surface area contributed by atoms with Crippen molar-refractivity contribution in [1.82, 2.24) is 4.72 Å². The summed E-state index contributed by atoms with van der Waals surface area (Å²) in [6.07, 6.45) is 0.511. The number of rotatable bonds is 5. The molecule has 2 rings (SSSR count). The second-order valence-corrected chi connectivity index (χ2v) is 6.02. The third kappa shape index (κ3) is 2.94. The van der Waals surface area contributed by atoms with E-state index in [-0.39, 0.29) is 16.5 Å². The van der Waals surface area contributed by atoms with Crippen molar-refractivity contribution in [2.75, 3.05) is 13.2 Å². The molecule has 7 heteroatoms. The molecule has 1 aliphatic heterocycles. The number of aryl methyl sites for hydroxylation is 1. The van der Waals surface area contributed by atoms with Crippen molar-refractivity contribution in [3.63, 3.8) is 0 Å². The van der Waals surface area contributed by atoms with Crippen LogP contribution < -0.4 is 4.72 Å². The van der Waals surface area contributed by atoms with Gasteiger partial charge in [-0.05, 0) is 24.1 Å². The van der Waals surface area contributed by atoms with Gasteiger partial charge in [0, 0.05) is 0 Å². The van der Waals surface area contributed by atoms with Gasteiger partial charge in [-0.3, -0.25) is 0 Å². The van der Waals surface area contributed by atoms with Crippen LogP contribution >= 0.6 is 0 Å². The van der Waals surface area contributed by atoms with Gasteiger partial charge in [0.2, 0.25) is 10.0 Å². The number of sulfonamides is 1. The topological polar surface area (TPSA) is 92.7 Å². The molecule has 0 spiro atoms. The van der Waals surface area contributed by atoms with E-state index in [9.17, 15) is 13.2 Å². The third-order valence-electron chi connectivity index (χ3n) is 2.94. The molecule has 0 unspecified atom stereocenters. The number of hydrogen-bond donors (Lipinski definition) is 2. The van der Waals surface area contributed by atoms with Gasteiger partial charge in [0.1, 0.15) is 0 Å². The minimum absolute atomic E-state index is 0.0294. The van der Waals surface area contributed by atoms with Crippen molar-refractivity contribution in [1.29, 1.82) is 0 Å². The van der Waals surface area contributed by atoms with Gasteiger partial charge >= 0.3 is 5.97 Å². The molecule has 0 saturated carbocycles. The molecule has 2 N–H and O–H groups in total. The third-order valence-corrected chi connectivity index (χ3v) is 4.55. The van der Waals surface area contributed by atoms with Crippen molar-refractivity contribution in [3.8, 4) is 0 Å².